The normalized spacial score (nSPS) is 17.0. The largest absolute Gasteiger partial charge is 0.416 e. The van der Waals surface area contributed by atoms with Gasteiger partial charge in [0.25, 0.3) is 0 Å². The van der Waals surface area contributed by atoms with E-state index in [4.69, 9.17) is 0 Å². The topological polar surface area (TPSA) is 0 Å². The summed E-state index contributed by atoms with van der Waals surface area (Å²) in [4.78, 5) is 0. The average Bonchev–Trinajstić information content (AvgIpc) is 2.89. The van der Waals surface area contributed by atoms with E-state index in [0.717, 1.165) is 36.1 Å². The number of alkyl halides is 6. The fraction of sp³-hybridized carbons (Fsp3) is 0.333. The average molecular weight is 384 g/mol. The van der Waals surface area contributed by atoms with Crippen LogP contribution in [0.2, 0.25) is 0 Å². The molecule has 1 aliphatic rings. The highest BCUT2D eigenvalue weighted by Crippen LogP contribution is 2.45. The Morgan fingerprint density at radius 1 is 0.889 bits per heavy atom. The number of fused-ring (bicyclic) bond motifs is 1. The molecule has 144 valence electrons. The van der Waals surface area contributed by atoms with E-state index in [0.29, 0.717) is 11.1 Å². The zero-order valence-electron chi connectivity index (χ0n) is 14.8. The van der Waals surface area contributed by atoms with Crippen LogP contribution in [0.4, 0.5) is 26.3 Å². The summed E-state index contributed by atoms with van der Waals surface area (Å²) in [5, 5.41) is 0. The summed E-state index contributed by atoms with van der Waals surface area (Å²) in [6, 6.07) is 6.91. The van der Waals surface area contributed by atoms with E-state index in [-0.39, 0.29) is 17.5 Å². The first-order valence-electron chi connectivity index (χ1n) is 8.63. The van der Waals surface area contributed by atoms with Gasteiger partial charge < -0.3 is 0 Å². The van der Waals surface area contributed by atoms with Crippen molar-refractivity contribution >= 4 is 6.08 Å². The highest BCUT2D eigenvalue weighted by Gasteiger charge is 2.37. The lowest BCUT2D eigenvalue weighted by atomic mass is 9.89. The van der Waals surface area contributed by atoms with Crippen LogP contribution in [0.3, 0.4) is 0 Å². The fourth-order valence-electron chi connectivity index (χ4n) is 3.66. The van der Waals surface area contributed by atoms with Gasteiger partial charge in [-0.2, -0.15) is 26.3 Å². The highest BCUT2D eigenvalue weighted by molar-refractivity contribution is 5.82. The molecule has 27 heavy (non-hydrogen) atoms. The van der Waals surface area contributed by atoms with E-state index >= 15 is 0 Å². The van der Waals surface area contributed by atoms with Crippen LogP contribution in [0.5, 0.6) is 0 Å². The molecule has 2 aromatic carbocycles. The van der Waals surface area contributed by atoms with Crippen LogP contribution < -0.4 is 0 Å². The lowest BCUT2D eigenvalue weighted by Crippen LogP contribution is -2.11. The molecule has 0 heterocycles. The molecule has 2 aromatic rings. The molecule has 0 N–H and O–H groups in total. The molecule has 0 saturated carbocycles. The molecule has 6 heteroatoms. The Hall–Kier alpha value is -2.24. The van der Waals surface area contributed by atoms with Gasteiger partial charge in [0.15, 0.2) is 0 Å². The molecule has 0 spiro atoms. The van der Waals surface area contributed by atoms with Gasteiger partial charge >= 0.3 is 12.4 Å². The number of hydrogen-bond donors (Lipinski definition) is 0. The second kappa shape index (κ2) is 6.73. The van der Waals surface area contributed by atoms with Gasteiger partial charge in [-0.05, 0) is 53.8 Å². The monoisotopic (exact) mass is 384 g/mol. The van der Waals surface area contributed by atoms with Crippen LogP contribution in [0.25, 0.3) is 17.2 Å². The van der Waals surface area contributed by atoms with Crippen molar-refractivity contribution in [3.05, 3.63) is 64.2 Å². The third-order valence-corrected chi connectivity index (χ3v) is 4.91. The smallest absolute Gasteiger partial charge is 0.166 e. The van der Waals surface area contributed by atoms with E-state index in [9.17, 15) is 26.3 Å². The second-order valence-corrected chi connectivity index (χ2v) is 6.83. The molecule has 1 atom stereocenters. The Labute approximate surface area is 153 Å². The zero-order chi connectivity index (χ0) is 20.0. The van der Waals surface area contributed by atoms with Gasteiger partial charge in [-0.1, -0.05) is 43.2 Å². The lowest BCUT2D eigenvalue weighted by molar-refractivity contribution is -0.143. The first-order chi connectivity index (χ1) is 12.5. The van der Waals surface area contributed by atoms with Gasteiger partial charge in [-0.15, -0.1) is 0 Å². The quantitative estimate of drug-likeness (QED) is 0.476. The fourth-order valence-corrected chi connectivity index (χ4v) is 3.66. The van der Waals surface area contributed by atoms with Gasteiger partial charge in [-0.3, -0.25) is 0 Å². The van der Waals surface area contributed by atoms with Crippen molar-refractivity contribution in [2.45, 2.75) is 45.0 Å². The molecule has 0 aromatic heterocycles. The molecule has 0 fully saturated rings. The van der Waals surface area contributed by atoms with Crippen LogP contribution in [0, 0.1) is 0 Å². The molecule has 3 rings (SSSR count). The molecular weight excluding hydrogens is 366 g/mol. The van der Waals surface area contributed by atoms with Gasteiger partial charge in [0.1, 0.15) is 0 Å². The Bertz CT molecular complexity index is 854. The van der Waals surface area contributed by atoms with Crippen molar-refractivity contribution < 1.29 is 26.3 Å². The van der Waals surface area contributed by atoms with E-state index < -0.39 is 23.5 Å². The lowest BCUT2D eigenvalue weighted by Gasteiger charge is -2.17. The van der Waals surface area contributed by atoms with Crippen LogP contribution in [0.1, 0.15) is 54.9 Å². The van der Waals surface area contributed by atoms with Crippen molar-refractivity contribution in [1.82, 2.24) is 0 Å². The van der Waals surface area contributed by atoms with Crippen LogP contribution in [0.15, 0.2) is 42.0 Å². The summed E-state index contributed by atoms with van der Waals surface area (Å²) >= 11 is 0. The van der Waals surface area contributed by atoms with Crippen molar-refractivity contribution in [3.8, 4) is 11.1 Å². The standard InChI is InChI=1S/C21H18F6/c1-3-5-16-12(2)8-19-17(6-4-7-18(16)19)13-9-14(20(22,23)24)11-15(10-13)21(25,26)27/h4,6-11,16H,3,5H2,1-2H3. The molecule has 0 nitrogen and oxygen atoms in total. The predicted octanol–water partition coefficient (Wildman–Crippen LogP) is 7.69. The Morgan fingerprint density at radius 2 is 1.48 bits per heavy atom. The SMILES string of the molecule is CCCC1C(C)=Cc2c(-c3cc(C(F)(F)F)cc(C(F)(F)F)c3)cccc21. The maximum atomic E-state index is 13.2. The number of halogens is 6. The second-order valence-electron chi connectivity index (χ2n) is 6.83. The van der Waals surface area contributed by atoms with E-state index in [2.05, 4.69) is 0 Å². The van der Waals surface area contributed by atoms with Crippen molar-refractivity contribution in [1.29, 1.82) is 0 Å². The Kier molecular flexibility index (Phi) is 4.87. The minimum absolute atomic E-state index is 0.0739. The van der Waals surface area contributed by atoms with Crippen molar-refractivity contribution in [3.63, 3.8) is 0 Å². The molecule has 0 bridgehead atoms. The van der Waals surface area contributed by atoms with E-state index in [1.54, 1.807) is 12.1 Å². The summed E-state index contributed by atoms with van der Waals surface area (Å²) in [7, 11) is 0. The summed E-state index contributed by atoms with van der Waals surface area (Å²) in [5.41, 5.74) is 0.459. The number of rotatable bonds is 3. The highest BCUT2D eigenvalue weighted by atomic mass is 19.4. The van der Waals surface area contributed by atoms with Gasteiger partial charge in [0, 0.05) is 5.92 Å². The molecule has 1 aliphatic carbocycles. The van der Waals surface area contributed by atoms with E-state index in [1.165, 1.54) is 0 Å². The summed E-state index contributed by atoms with van der Waals surface area (Å²) < 4.78 is 79.0. The molecule has 0 saturated heterocycles. The van der Waals surface area contributed by atoms with Crippen LogP contribution >= 0.6 is 0 Å². The van der Waals surface area contributed by atoms with Crippen LogP contribution in [-0.4, -0.2) is 0 Å². The maximum Gasteiger partial charge on any atom is 0.416 e. The summed E-state index contributed by atoms with van der Waals surface area (Å²) in [6.07, 6.45) is -6.02. The van der Waals surface area contributed by atoms with Gasteiger partial charge in [0.2, 0.25) is 0 Å². The first kappa shape index (κ1) is 19.5. The number of benzene rings is 2. The van der Waals surface area contributed by atoms with Crippen molar-refractivity contribution in [2.75, 3.05) is 0 Å². The van der Waals surface area contributed by atoms with Crippen LogP contribution in [-0.2, 0) is 12.4 Å². The third kappa shape index (κ3) is 3.75. The minimum atomic E-state index is -4.86. The number of allylic oxidation sites excluding steroid dienone is 1. The van der Waals surface area contributed by atoms with Gasteiger partial charge in [0.05, 0.1) is 11.1 Å². The summed E-state index contributed by atoms with van der Waals surface area (Å²) in [5.74, 6) is 0.151. The zero-order valence-corrected chi connectivity index (χ0v) is 14.8. The molecule has 0 amide bonds. The minimum Gasteiger partial charge on any atom is -0.166 e. The Morgan fingerprint density at radius 3 is 2.00 bits per heavy atom. The first-order valence-corrected chi connectivity index (χ1v) is 8.63. The molecule has 1 unspecified atom stereocenters. The van der Waals surface area contributed by atoms with E-state index in [1.807, 2.05) is 26.0 Å². The molecule has 0 aliphatic heterocycles. The Balaban J connectivity index is 2.22. The molecular formula is C21H18F6. The summed E-state index contributed by atoms with van der Waals surface area (Å²) in [6.45, 7) is 3.98. The maximum absolute atomic E-state index is 13.2. The third-order valence-electron chi connectivity index (χ3n) is 4.91. The van der Waals surface area contributed by atoms with Gasteiger partial charge in [-0.25, -0.2) is 0 Å². The van der Waals surface area contributed by atoms with Crippen molar-refractivity contribution in [2.24, 2.45) is 0 Å². The predicted molar refractivity (Wildman–Crippen MR) is 93.2 cm³/mol. The number of hydrogen-bond acceptors (Lipinski definition) is 0. The molecule has 0 radical (unpaired) electrons.